The number of benzene rings is 2. The van der Waals surface area contributed by atoms with Crippen molar-refractivity contribution in [2.45, 2.75) is 6.54 Å². The molecular weight excluding hydrogens is 416 g/mol. The molecule has 0 atom stereocenters. The number of rotatable bonds is 5. The molecule has 1 aliphatic rings. The second-order valence-corrected chi connectivity index (χ2v) is 8.41. The van der Waals surface area contributed by atoms with E-state index in [1.807, 2.05) is 30.3 Å². The largest absolute Gasteiger partial charge is 0.454 e. The number of hydrogen-bond acceptors (Lipinski definition) is 5. The molecule has 4 rings (SSSR count). The highest BCUT2D eigenvalue weighted by Crippen LogP contribution is 2.37. The first-order valence-electron chi connectivity index (χ1n) is 8.59. The van der Waals surface area contributed by atoms with Gasteiger partial charge in [-0.1, -0.05) is 41.1 Å². The molecule has 1 amide bonds. The van der Waals surface area contributed by atoms with Gasteiger partial charge in [-0.2, -0.15) is 16.8 Å². The zero-order valence-electron chi connectivity index (χ0n) is 15.1. The van der Waals surface area contributed by atoms with Gasteiger partial charge in [-0.25, -0.2) is 0 Å². The first-order valence-corrected chi connectivity index (χ1v) is 11.2. The van der Waals surface area contributed by atoms with E-state index in [1.54, 1.807) is 23.9 Å². The van der Waals surface area contributed by atoms with Crippen LogP contribution in [-0.4, -0.2) is 29.3 Å². The fourth-order valence-electron chi connectivity index (χ4n) is 2.85. The second-order valence-electron chi connectivity index (χ2n) is 6.01. The van der Waals surface area contributed by atoms with Gasteiger partial charge in [0.15, 0.2) is 16.3 Å². The van der Waals surface area contributed by atoms with Crippen molar-refractivity contribution in [1.29, 1.82) is 0 Å². The van der Waals surface area contributed by atoms with Crippen LogP contribution in [0.3, 0.4) is 0 Å². The maximum atomic E-state index is 12.4. The first-order chi connectivity index (χ1) is 13.7. The average molecular weight is 433 g/mol. The molecule has 0 aliphatic carbocycles. The van der Waals surface area contributed by atoms with E-state index in [2.05, 4.69) is 15.8 Å². The maximum absolute atomic E-state index is 12.4. The predicted molar refractivity (Wildman–Crippen MR) is 115 cm³/mol. The molecule has 1 aliphatic heterocycles. The number of amides is 1. The molecule has 1 aromatic heterocycles. The van der Waals surface area contributed by atoms with Gasteiger partial charge in [0.1, 0.15) is 0 Å². The Morgan fingerprint density at radius 2 is 2.11 bits per heavy atom. The minimum absolute atomic E-state index is 0.236. The minimum atomic E-state index is -0.329. The number of carbonyl (C=O) groups is 1. The Bertz CT molecular complexity index is 1130. The van der Waals surface area contributed by atoms with Crippen molar-refractivity contribution < 1.29 is 14.3 Å². The van der Waals surface area contributed by atoms with Gasteiger partial charge in [0, 0.05) is 35.5 Å². The van der Waals surface area contributed by atoms with Crippen LogP contribution in [0.25, 0.3) is 16.3 Å². The van der Waals surface area contributed by atoms with Crippen LogP contribution < -0.4 is 14.3 Å². The average Bonchev–Trinajstić information content (AvgIpc) is 3.27. The van der Waals surface area contributed by atoms with Gasteiger partial charge in [0.2, 0.25) is 6.79 Å². The smallest absolute Gasteiger partial charge is 0.272 e. The summed E-state index contributed by atoms with van der Waals surface area (Å²) in [6, 6.07) is 11.3. The Labute approximate surface area is 175 Å². The van der Waals surface area contributed by atoms with Crippen molar-refractivity contribution in [3.8, 4) is 11.5 Å². The molecule has 3 aromatic rings. The number of halogens is 1. The Balaban J connectivity index is 1.72. The molecule has 0 radical (unpaired) electrons. The van der Waals surface area contributed by atoms with Crippen LogP contribution in [0, 0.1) is 0 Å². The molecule has 0 N–H and O–H groups in total. The van der Waals surface area contributed by atoms with E-state index in [9.17, 15) is 4.79 Å². The number of hydrogen-bond donors (Lipinski definition) is 0. The van der Waals surface area contributed by atoms with Crippen LogP contribution in [0.1, 0.15) is 5.56 Å². The monoisotopic (exact) mass is 432 g/mol. The number of fused-ring (bicyclic) bond motifs is 2. The molecule has 8 heteroatoms. The van der Waals surface area contributed by atoms with Crippen molar-refractivity contribution in [3.05, 3.63) is 57.9 Å². The van der Waals surface area contributed by atoms with Gasteiger partial charge in [-0.15, -0.1) is 0 Å². The topological polar surface area (TPSA) is 52.8 Å². The van der Waals surface area contributed by atoms with Gasteiger partial charge in [-0.3, -0.25) is 4.79 Å². The van der Waals surface area contributed by atoms with Gasteiger partial charge in [0.05, 0.1) is 10.2 Å². The molecule has 144 valence electrons. The van der Waals surface area contributed by atoms with E-state index in [0.29, 0.717) is 9.82 Å². The first kappa shape index (κ1) is 19.1. The Morgan fingerprint density at radius 3 is 2.89 bits per heavy atom. The summed E-state index contributed by atoms with van der Waals surface area (Å²) < 4.78 is 14.0. The van der Waals surface area contributed by atoms with Crippen LogP contribution in [0.4, 0.5) is 0 Å². The molecule has 28 heavy (non-hydrogen) atoms. The lowest BCUT2D eigenvalue weighted by atomic mass is 10.2. The molecular formula is C20H17ClN2O3S2. The van der Waals surface area contributed by atoms with E-state index >= 15 is 0 Å². The second kappa shape index (κ2) is 8.43. The van der Waals surface area contributed by atoms with Crippen molar-refractivity contribution in [2.24, 2.45) is 4.99 Å². The van der Waals surface area contributed by atoms with Crippen molar-refractivity contribution in [2.75, 3.05) is 18.8 Å². The highest BCUT2D eigenvalue weighted by Gasteiger charge is 2.17. The third kappa shape index (κ3) is 3.97. The number of carbonyl (C=O) groups excluding carboxylic acids is 1. The molecule has 0 bridgehead atoms. The Hall–Kier alpha value is -2.22. The fraction of sp³-hybridized carbons (Fsp3) is 0.200. The van der Waals surface area contributed by atoms with Gasteiger partial charge < -0.3 is 14.0 Å². The SMILES string of the molecule is CSCCn1c(=NC(=O)/C=C/c2ccccc2Cl)sc2cc3c(cc21)OCO3. The number of thiazole rings is 1. The van der Waals surface area contributed by atoms with Crippen LogP contribution in [-0.2, 0) is 11.3 Å². The summed E-state index contributed by atoms with van der Waals surface area (Å²) in [6.07, 6.45) is 5.18. The van der Waals surface area contributed by atoms with E-state index in [0.717, 1.165) is 39.6 Å². The lowest BCUT2D eigenvalue weighted by molar-refractivity contribution is -0.113. The van der Waals surface area contributed by atoms with Crippen LogP contribution in [0.2, 0.25) is 5.02 Å². The molecule has 5 nitrogen and oxygen atoms in total. The summed E-state index contributed by atoms with van der Waals surface area (Å²) in [5.41, 5.74) is 1.77. The maximum Gasteiger partial charge on any atom is 0.272 e. The van der Waals surface area contributed by atoms with Gasteiger partial charge >= 0.3 is 0 Å². The third-order valence-electron chi connectivity index (χ3n) is 4.21. The standard InChI is InChI=1S/C20H17ClN2O3S2/c1-27-9-8-23-15-10-16-17(26-12-25-16)11-18(15)28-20(23)22-19(24)7-6-13-4-2-3-5-14(13)21/h2-7,10-11H,8-9,12H2,1H3/b7-6+,22-20?. The van der Waals surface area contributed by atoms with Gasteiger partial charge in [-0.05, 0) is 24.0 Å². The third-order valence-corrected chi connectivity index (χ3v) is 6.19. The molecule has 2 aromatic carbocycles. The van der Waals surface area contributed by atoms with E-state index in [-0.39, 0.29) is 12.7 Å². The van der Waals surface area contributed by atoms with Crippen molar-refractivity contribution >= 4 is 56.9 Å². The highest BCUT2D eigenvalue weighted by molar-refractivity contribution is 7.98. The van der Waals surface area contributed by atoms with Crippen LogP contribution in [0.5, 0.6) is 11.5 Å². The van der Waals surface area contributed by atoms with Crippen molar-refractivity contribution in [3.63, 3.8) is 0 Å². The summed E-state index contributed by atoms with van der Waals surface area (Å²) in [5.74, 6) is 2.03. The predicted octanol–water partition coefficient (Wildman–Crippen LogP) is 4.59. The summed E-state index contributed by atoms with van der Waals surface area (Å²) in [6.45, 7) is 0.987. The number of ether oxygens (including phenoxy) is 2. The van der Waals surface area contributed by atoms with E-state index in [1.165, 1.54) is 17.4 Å². The summed E-state index contributed by atoms with van der Waals surface area (Å²) in [7, 11) is 0. The van der Waals surface area contributed by atoms with Crippen molar-refractivity contribution in [1.82, 2.24) is 4.57 Å². The Kier molecular flexibility index (Phi) is 5.75. The normalized spacial score (nSPS) is 13.7. The quantitative estimate of drug-likeness (QED) is 0.553. The molecule has 2 heterocycles. The number of aromatic nitrogens is 1. The highest BCUT2D eigenvalue weighted by atomic mass is 35.5. The zero-order chi connectivity index (χ0) is 19.5. The van der Waals surface area contributed by atoms with E-state index in [4.69, 9.17) is 21.1 Å². The zero-order valence-corrected chi connectivity index (χ0v) is 17.4. The minimum Gasteiger partial charge on any atom is -0.454 e. The Morgan fingerprint density at radius 1 is 1.32 bits per heavy atom. The van der Waals surface area contributed by atoms with E-state index < -0.39 is 0 Å². The summed E-state index contributed by atoms with van der Waals surface area (Å²) >= 11 is 9.34. The molecule has 0 saturated heterocycles. The lowest BCUT2D eigenvalue weighted by Gasteiger charge is -2.04. The number of aryl methyl sites for hydroxylation is 1. The van der Waals surface area contributed by atoms with Crippen LogP contribution >= 0.6 is 34.7 Å². The number of thioether (sulfide) groups is 1. The summed E-state index contributed by atoms with van der Waals surface area (Å²) in [5, 5.41) is 0.595. The lowest BCUT2D eigenvalue weighted by Crippen LogP contribution is -2.17. The molecule has 0 fully saturated rings. The van der Waals surface area contributed by atoms with Crippen LogP contribution in [0.15, 0.2) is 47.5 Å². The molecule has 0 saturated carbocycles. The summed E-state index contributed by atoms with van der Waals surface area (Å²) in [4.78, 5) is 17.4. The fourth-order valence-corrected chi connectivity index (χ4v) is 4.48. The molecule has 0 spiro atoms. The van der Waals surface area contributed by atoms with Gasteiger partial charge in [0.25, 0.3) is 5.91 Å². The number of nitrogens with zero attached hydrogens (tertiary/aromatic N) is 2. The molecule has 0 unspecified atom stereocenters.